The van der Waals surface area contributed by atoms with Crippen LogP contribution in [0.5, 0.6) is 0 Å². The highest BCUT2D eigenvalue weighted by atomic mass is 127. The smallest absolute Gasteiger partial charge is 0.211 e. The molecular weight excluding hydrogens is 511 g/mol. The number of hydrogen-bond acceptors (Lipinski definition) is 3. The molecule has 1 fully saturated rings. The first-order chi connectivity index (χ1) is 13.8. The first kappa shape index (κ1) is 27.2. The Morgan fingerprint density at radius 1 is 1.17 bits per heavy atom. The fourth-order valence-electron chi connectivity index (χ4n) is 3.55. The number of piperidine rings is 1. The van der Waals surface area contributed by atoms with Gasteiger partial charge >= 0.3 is 0 Å². The van der Waals surface area contributed by atoms with Crippen molar-refractivity contribution in [2.75, 3.05) is 39.0 Å². The average molecular weight is 551 g/mol. The van der Waals surface area contributed by atoms with Crippen LogP contribution in [0.25, 0.3) is 0 Å². The zero-order valence-corrected chi connectivity index (χ0v) is 22.0. The van der Waals surface area contributed by atoms with Crippen LogP contribution in [-0.2, 0) is 16.4 Å². The van der Waals surface area contributed by atoms with E-state index in [4.69, 9.17) is 4.99 Å². The summed E-state index contributed by atoms with van der Waals surface area (Å²) in [7, 11) is -3.06. The molecule has 1 heterocycles. The zero-order chi connectivity index (χ0) is 21.3. The highest BCUT2D eigenvalue weighted by Gasteiger charge is 2.24. The van der Waals surface area contributed by atoms with Crippen molar-refractivity contribution in [1.82, 2.24) is 14.9 Å². The predicted octanol–water partition coefficient (Wildman–Crippen LogP) is 3.59. The second kappa shape index (κ2) is 13.5. The van der Waals surface area contributed by atoms with Crippen LogP contribution in [0.1, 0.15) is 57.1 Å². The topological polar surface area (TPSA) is 73.8 Å². The number of halogens is 1. The number of guanidine groups is 1. The number of nitrogens with zero attached hydrogens (tertiary/aromatic N) is 2. The van der Waals surface area contributed by atoms with Crippen LogP contribution < -0.4 is 10.6 Å². The Morgan fingerprint density at radius 3 is 2.33 bits per heavy atom. The molecule has 0 radical (unpaired) electrons. The SMILES string of the molecule is CCNC(=NCC1CCN(S(C)(=O)=O)CC1)NCCCc1ccc(C(C)C)cc1.I. The molecule has 0 saturated carbocycles. The van der Waals surface area contributed by atoms with Gasteiger partial charge in [0, 0.05) is 32.7 Å². The van der Waals surface area contributed by atoms with Gasteiger partial charge in [-0.25, -0.2) is 12.7 Å². The molecule has 172 valence electrons. The maximum Gasteiger partial charge on any atom is 0.211 e. The van der Waals surface area contributed by atoms with Gasteiger partial charge in [0.2, 0.25) is 10.0 Å². The first-order valence-electron chi connectivity index (χ1n) is 10.9. The van der Waals surface area contributed by atoms with E-state index in [2.05, 4.69) is 55.7 Å². The Kier molecular flexibility index (Phi) is 12.2. The zero-order valence-electron chi connectivity index (χ0n) is 18.9. The van der Waals surface area contributed by atoms with Gasteiger partial charge in [-0.3, -0.25) is 4.99 Å². The molecule has 8 heteroatoms. The van der Waals surface area contributed by atoms with E-state index in [1.54, 1.807) is 4.31 Å². The predicted molar refractivity (Wildman–Crippen MR) is 137 cm³/mol. The van der Waals surface area contributed by atoms with Crippen LogP contribution in [0.3, 0.4) is 0 Å². The molecule has 1 aliphatic heterocycles. The van der Waals surface area contributed by atoms with Crippen molar-refractivity contribution in [3.8, 4) is 0 Å². The summed E-state index contributed by atoms with van der Waals surface area (Å²) in [5.74, 6) is 1.87. The Balaban J connectivity index is 0.00000450. The number of benzene rings is 1. The minimum atomic E-state index is -3.06. The van der Waals surface area contributed by atoms with Crippen LogP contribution in [0.4, 0.5) is 0 Å². The number of aryl methyl sites for hydroxylation is 1. The van der Waals surface area contributed by atoms with Gasteiger partial charge in [0.25, 0.3) is 0 Å². The minimum Gasteiger partial charge on any atom is -0.357 e. The van der Waals surface area contributed by atoms with Gasteiger partial charge in [0.05, 0.1) is 6.26 Å². The third-order valence-corrected chi connectivity index (χ3v) is 6.78. The lowest BCUT2D eigenvalue weighted by atomic mass is 9.98. The molecule has 6 nitrogen and oxygen atoms in total. The summed E-state index contributed by atoms with van der Waals surface area (Å²) in [6, 6.07) is 8.93. The molecule has 30 heavy (non-hydrogen) atoms. The fourth-order valence-corrected chi connectivity index (χ4v) is 4.43. The Bertz CT molecular complexity index is 743. The molecule has 2 rings (SSSR count). The Morgan fingerprint density at radius 2 is 1.80 bits per heavy atom. The van der Waals surface area contributed by atoms with Crippen molar-refractivity contribution in [1.29, 1.82) is 0 Å². The number of hydrogen-bond donors (Lipinski definition) is 2. The van der Waals surface area contributed by atoms with Crippen molar-refractivity contribution in [3.05, 3.63) is 35.4 Å². The van der Waals surface area contributed by atoms with Crippen molar-refractivity contribution in [2.45, 2.75) is 52.4 Å². The number of aliphatic imine (C=N–C) groups is 1. The maximum atomic E-state index is 11.6. The summed E-state index contributed by atoms with van der Waals surface area (Å²) in [5.41, 5.74) is 2.76. The van der Waals surface area contributed by atoms with Crippen LogP contribution in [0, 0.1) is 5.92 Å². The van der Waals surface area contributed by atoms with E-state index in [0.717, 1.165) is 51.3 Å². The van der Waals surface area contributed by atoms with E-state index < -0.39 is 10.0 Å². The van der Waals surface area contributed by atoms with E-state index in [9.17, 15) is 8.42 Å². The van der Waals surface area contributed by atoms with Crippen molar-refractivity contribution in [3.63, 3.8) is 0 Å². The molecule has 0 atom stereocenters. The summed E-state index contributed by atoms with van der Waals surface area (Å²) in [6.07, 6.45) is 5.15. The van der Waals surface area contributed by atoms with Crippen molar-refractivity contribution < 1.29 is 8.42 Å². The second-order valence-electron chi connectivity index (χ2n) is 8.25. The van der Waals surface area contributed by atoms with Gasteiger partial charge in [-0.05, 0) is 55.6 Å². The summed E-state index contributed by atoms with van der Waals surface area (Å²) in [6.45, 7) is 10.2. The molecular formula is C22H39IN4O2S. The quantitative estimate of drug-likeness (QED) is 0.213. The lowest BCUT2D eigenvalue weighted by Crippen LogP contribution is -2.40. The molecule has 2 N–H and O–H groups in total. The van der Waals surface area contributed by atoms with E-state index in [-0.39, 0.29) is 24.0 Å². The van der Waals surface area contributed by atoms with Crippen molar-refractivity contribution >= 4 is 40.0 Å². The summed E-state index contributed by atoms with van der Waals surface area (Å²) in [5, 5.41) is 6.73. The molecule has 0 spiro atoms. The minimum absolute atomic E-state index is 0. The Hall–Kier alpha value is -0.870. The number of rotatable bonds is 9. The maximum absolute atomic E-state index is 11.6. The molecule has 1 aliphatic rings. The number of sulfonamides is 1. The molecule has 1 aromatic rings. The fraction of sp³-hybridized carbons (Fsp3) is 0.682. The van der Waals surface area contributed by atoms with Gasteiger partial charge in [-0.15, -0.1) is 24.0 Å². The van der Waals surface area contributed by atoms with Gasteiger partial charge in [-0.1, -0.05) is 38.1 Å². The third kappa shape index (κ3) is 9.51. The lowest BCUT2D eigenvalue weighted by molar-refractivity contribution is 0.280. The second-order valence-corrected chi connectivity index (χ2v) is 10.2. The van der Waals surface area contributed by atoms with E-state index in [1.165, 1.54) is 17.4 Å². The summed E-state index contributed by atoms with van der Waals surface area (Å²) < 4.78 is 24.8. The normalized spacial score (nSPS) is 16.4. The molecule has 1 aromatic carbocycles. The highest BCUT2D eigenvalue weighted by molar-refractivity contribution is 14.0. The standard InChI is InChI=1S/C22H38N4O2S.HI/c1-5-23-22(25-17-20-12-15-26(16-13-20)29(4,27)28)24-14-6-7-19-8-10-21(11-9-19)18(2)3;/h8-11,18,20H,5-7,12-17H2,1-4H3,(H2,23,24,25);1H. The van der Waals surface area contributed by atoms with Crippen molar-refractivity contribution in [2.24, 2.45) is 10.9 Å². The van der Waals surface area contributed by atoms with Crippen LogP contribution in [0.2, 0.25) is 0 Å². The van der Waals surface area contributed by atoms with Gasteiger partial charge in [0.15, 0.2) is 5.96 Å². The van der Waals surface area contributed by atoms with Crippen LogP contribution in [-0.4, -0.2) is 57.7 Å². The van der Waals surface area contributed by atoms with Crippen LogP contribution in [0.15, 0.2) is 29.3 Å². The van der Waals surface area contributed by atoms with Crippen LogP contribution >= 0.6 is 24.0 Å². The average Bonchev–Trinajstić information content (AvgIpc) is 2.69. The molecule has 0 unspecified atom stereocenters. The summed E-state index contributed by atoms with van der Waals surface area (Å²) in [4.78, 5) is 4.73. The monoisotopic (exact) mass is 550 g/mol. The highest BCUT2D eigenvalue weighted by Crippen LogP contribution is 2.19. The largest absolute Gasteiger partial charge is 0.357 e. The lowest BCUT2D eigenvalue weighted by Gasteiger charge is -2.29. The molecule has 0 aromatic heterocycles. The van der Waals surface area contributed by atoms with E-state index in [0.29, 0.717) is 24.9 Å². The number of nitrogens with one attached hydrogen (secondary N) is 2. The summed E-state index contributed by atoms with van der Waals surface area (Å²) >= 11 is 0. The van der Waals surface area contributed by atoms with Gasteiger partial charge in [-0.2, -0.15) is 0 Å². The van der Waals surface area contributed by atoms with Gasteiger partial charge < -0.3 is 10.6 Å². The van der Waals surface area contributed by atoms with E-state index >= 15 is 0 Å². The first-order valence-corrected chi connectivity index (χ1v) is 12.7. The van der Waals surface area contributed by atoms with Gasteiger partial charge in [0.1, 0.15) is 0 Å². The molecule has 0 amide bonds. The molecule has 0 bridgehead atoms. The molecule has 1 saturated heterocycles. The third-order valence-electron chi connectivity index (χ3n) is 5.48. The molecule has 0 aliphatic carbocycles. The van der Waals surface area contributed by atoms with E-state index in [1.807, 2.05) is 0 Å². The Labute approximate surface area is 200 Å².